The van der Waals surface area contributed by atoms with Crippen LogP contribution in [0.25, 0.3) is 5.57 Å². The maximum Gasteiger partial charge on any atom is 0.216 e. The van der Waals surface area contributed by atoms with E-state index in [9.17, 15) is 5.11 Å². The maximum atomic E-state index is 9.56. The molecule has 0 bridgehead atoms. The summed E-state index contributed by atoms with van der Waals surface area (Å²) in [6, 6.07) is 9.48. The SMILES string of the molecule is C=C(CC(O)C(Cl)(Cl)Cl)c1ccccc1. The van der Waals surface area contributed by atoms with Crippen molar-refractivity contribution in [2.75, 3.05) is 0 Å². The molecule has 0 amide bonds. The van der Waals surface area contributed by atoms with Gasteiger partial charge in [-0.15, -0.1) is 0 Å². The molecule has 1 unspecified atom stereocenters. The minimum absolute atomic E-state index is 0.237. The van der Waals surface area contributed by atoms with Gasteiger partial charge in [0, 0.05) is 6.42 Å². The topological polar surface area (TPSA) is 20.2 Å². The summed E-state index contributed by atoms with van der Waals surface area (Å²) in [5.74, 6) is 0. The van der Waals surface area contributed by atoms with Crippen LogP contribution in [0.1, 0.15) is 12.0 Å². The lowest BCUT2D eigenvalue weighted by Gasteiger charge is -2.19. The summed E-state index contributed by atoms with van der Waals surface area (Å²) < 4.78 is -1.67. The Kier molecular flexibility index (Phi) is 4.47. The first-order valence-corrected chi connectivity index (χ1v) is 5.52. The largest absolute Gasteiger partial charge is 0.388 e. The van der Waals surface area contributed by atoms with Crippen LogP contribution in [0.5, 0.6) is 0 Å². The third-order valence-electron chi connectivity index (χ3n) is 2.00. The van der Waals surface area contributed by atoms with Gasteiger partial charge in [-0.3, -0.25) is 0 Å². The molecule has 1 aromatic carbocycles. The first-order valence-electron chi connectivity index (χ1n) is 4.39. The van der Waals surface area contributed by atoms with Gasteiger partial charge < -0.3 is 5.11 Å². The summed E-state index contributed by atoms with van der Waals surface area (Å²) in [6.45, 7) is 3.84. The van der Waals surface area contributed by atoms with Gasteiger partial charge in [0.05, 0.1) is 0 Å². The van der Waals surface area contributed by atoms with Crippen molar-refractivity contribution < 1.29 is 5.11 Å². The van der Waals surface area contributed by atoms with Crippen LogP contribution < -0.4 is 0 Å². The van der Waals surface area contributed by atoms with Gasteiger partial charge in [0.1, 0.15) is 6.10 Å². The zero-order valence-corrected chi connectivity index (χ0v) is 10.2. The highest BCUT2D eigenvalue weighted by Crippen LogP contribution is 2.34. The molecule has 4 heteroatoms. The van der Waals surface area contributed by atoms with Gasteiger partial charge in [-0.1, -0.05) is 71.7 Å². The van der Waals surface area contributed by atoms with Crippen LogP contribution in [0.2, 0.25) is 0 Å². The monoisotopic (exact) mass is 264 g/mol. The van der Waals surface area contributed by atoms with Crippen molar-refractivity contribution in [2.45, 2.75) is 16.3 Å². The van der Waals surface area contributed by atoms with E-state index in [0.717, 1.165) is 11.1 Å². The van der Waals surface area contributed by atoms with E-state index in [2.05, 4.69) is 6.58 Å². The Morgan fingerprint density at radius 2 is 1.80 bits per heavy atom. The molecule has 1 aromatic rings. The second-order valence-corrected chi connectivity index (χ2v) is 5.60. The van der Waals surface area contributed by atoms with Crippen molar-refractivity contribution >= 4 is 40.4 Å². The summed E-state index contributed by atoms with van der Waals surface area (Å²) in [6.07, 6.45) is -0.809. The Morgan fingerprint density at radius 3 is 2.27 bits per heavy atom. The molecule has 0 saturated carbocycles. The smallest absolute Gasteiger partial charge is 0.216 e. The first kappa shape index (κ1) is 12.9. The van der Waals surface area contributed by atoms with Gasteiger partial charge in [-0.25, -0.2) is 0 Å². The Morgan fingerprint density at radius 1 is 1.27 bits per heavy atom. The molecule has 1 N–H and O–H groups in total. The molecule has 1 atom stereocenters. The third-order valence-corrected chi connectivity index (χ3v) is 2.76. The molecule has 0 spiro atoms. The Balaban J connectivity index is 2.65. The highest BCUT2D eigenvalue weighted by molar-refractivity contribution is 6.68. The van der Waals surface area contributed by atoms with E-state index in [0.29, 0.717) is 0 Å². The van der Waals surface area contributed by atoms with E-state index in [1.807, 2.05) is 30.3 Å². The van der Waals surface area contributed by atoms with Crippen LogP contribution in [0, 0.1) is 0 Å². The molecule has 0 aliphatic rings. The summed E-state index contributed by atoms with van der Waals surface area (Å²) in [5.41, 5.74) is 1.68. The summed E-state index contributed by atoms with van der Waals surface area (Å²) in [7, 11) is 0. The fourth-order valence-electron chi connectivity index (χ4n) is 1.14. The van der Waals surface area contributed by atoms with Gasteiger partial charge in [-0.05, 0) is 11.1 Å². The minimum atomic E-state index is -1.67. The minimum Gasteiger partial charge on any atom is -0.388 e. The average molecular weight is 266 g/mol. The number of hydrogen-bond donors (Lipinski definition) is 1. The van der Waals surface area contributed by atoms with Crippen LogP contribution in [0.4, 0.5) is 0 Å². The van der Waals surface area contributed by atoms with Crippen LogP contribution in [0.15, 0.2) is 36.9 Å². The van der Waals surface area contributed by atoms with Crippen molar-refractivity contribution in [1.29, 1.82) is 0 Å². The van der Waals surface area contributed by atoms with Crippen LogP contribution in [-0.2, 0) is 0 Å². The molecular weight excluding hydrogens is 254 g/mol. The van der Waals surface area contributed by atoms with Crippen LogP contribution in [0.3, 0.4) is 0 Å². The zero-order chi connectivity index (χ0) is 11.5. The van der Waals surface area contributed by atoms with Gasteiger partial charge >= 0.3 is 0 Å². The molecule has 0 saturated heterocycles. The van der Waals surface area contributed by atoms with Crippen molar-refractivity contribution in [3.8, 4) is 0 Å². The molecule has 0 aliphatic carbocycles. The molecular formula is C11H11Cl3O. The number of aliphatic hydroxyl groups is 1. The molecule has 0 fully saturated rings. The van der Waals surface area contributed by atoms with Gasteiger partial charge in [-0.2, -0.15) is 0 Å². The molecule has 0 aromatic heterocycles. The fourth-order valence-corrected chi connectivity index (χ4v) is 1.37. The third kappa shape index (κ3) is 4.04. The van der Waals surface area contributed by atoms with Crippen molar-refractivity contribution in [2.24, 2.45) is 0 Å². The van der Waals surface area contributed by atoms with Crippen molar-refractivity contribution in [3.63, 3.8) is 0 Å². The summed E-state index contributed by atoms with van der Waals surface area (Å²) in [5, 5.41) is 9.56. The molecule has 1 nitrogen and oxygen atoms in total. The molecule has 0 heterocycles. The van der Waals surface area contributed by atoms with Gasteiger partial charge in [0.2, 0.25) is 3.79 Å². The van der Waals surface area contributed by atoms with E-state index in [4.69, 9.17) is 34.8 Å². The number of halogens is 3. The number of aliphatic hydroxyl groups excluding tert-OH is 1. The molecule has 1 rings (SSSR count). The predicted molar refractivity (Wildman–Crippen MR) is 66.4 cm³/mol. The normalized spacial score (nSPS) is 13.6. The average Bonchev–Trinajstić information content (AvgIpc) is 2.17. The van der Waals surface area contributed by atoms with E-state index < -0.39 is 9.90 Å². The Hall–Kier alpha value is -0.210. The van der Waals surface area contributed by atoms with Crippen LogP contribution >= 0.6 is 34.8 Å². The lowest BCUT2D eigenvalue weighted by Crippen LogP contribution is -2.25. The van der Waals surface area contributed by atoms with Crippen LogP contribution in [-0.4, -0.2) is 15.0 Å². The number of hydrogen-bond acceptors (Lipinski definition) is 1. The second-order valence-electron chi connectivity index (χ2n) is 3.23. The van der Waals surface area contributed by atoms with Gasteiger partial charge in [0.15, 0.2) is 0 Å². The Labute approximate surface area is 104 Å². The van der Waals surface area contributed by atoms with E-state index in [1.165, 1.54) is 0 Å². The standard InChI is InChI=1S/C11H11Cl3O/c1-8(7-10(15)11(12,13)14)9-5-3-2-4-6-9/h2-6,10,15H,1,7H2. The van der Waals surface area contributed by atoms with Crippen molar-refractivity contribution in [1.82, 2.24) is 0 Å². The first-order chi connectivity index (χ1) is 6.91. The lowest BCUT2D eigenvalue weighted by molar-refractivity contribution is 0.184. The lowest BCUT2D eigenvalue weighted by atomic mass is 10.0. The van der Waals surface area contributed by atoms with Crippen molar-refractivity contribution in [3.05, 3.63) is 42.5 Å². The second kappa shape index (κ2) is 5.22. The fraction of sp³-hybridized carbons (Fsp3) is 0.273. The molecule has 0 aliphatic heterocycles. The highest BCUT2D eigenvalue weighted by Gasteiger charge is 2.30. The quantitative estimate of drug-likeness (QED) is 0.824. The van der Waals surface area contributed by atoms with Gasteiger partial charge in [0.25, 0.3) is 0 Å². The highest BCUT2D eigenvalue weighted by atomic mass is 35.6. The number of benzene rings is 1. The molecule has 15 heavy (non-hydrogen) atoms. The summed E-state index contributed by atoms with van der Waals surface area (Å²) in [4.78, 5) is 0. The number of alkyl halides is 3. The van der Waals surface area contributed by atoms with E-state index in [1.54, 1.807) is 0 Å². The Bertz CT molecular complexity index is 329. The zero-order valence-electron chi connectivity index (χ0n) is 7.96. The maximum absolute atomic E-state index is 9.56. The number of rotatable bonds is 3. The summed E-state index contributed by atoms with van der Waals surface area (Å²) >= 11 is 16.7. The van der Waals surface area contributed by atoms with E-state index in [-0.39, 0.29) is 6.42 Å². The van der Waals surface area contributed by atoms with E-state index >= 15 is 0 Å². The predicted octanol–water partition coefficient (Wildman–Crippen LogP) is 3.82. The molecule has 82 valence electrons. The molecule has 0 radical (unpaired) electrons.